The van der Waals surface area contributed by atoms with Crippen LogP contribution in [0.4, 0.5) is 4.79 Å². The highest BCUT2D eigenvalue weighted by molar-refractivity contribution is 7.99. The van der Waals surface area contributed by atoms with E-state index >= 15 is 0 Å². The molecule has 2 heterocycles. The highest BCUT2D eigenvalue weighted by Gasteiger charge is 2.17. The second kappa shape index (κ2) is 9.36. The highest BCUT2D eigenvalue weighted by Crippen LogP contribution is 2.28. The van der Waals surface area contributed by atoms with Crippen molar-refractivity contribution in [2.75, 3.05) is 12.3 Å². The summed E-state index contributed by atoms with van der Waals surface area (Å²) < 4.78 is 1.57. The zero-order valence-corrected chi connectivity index (χ0v) is 18.0. The molecule has 0 aliphatic rings. The average Bonchev–Trinajstić information content (AvgIpc) is 2.87. The third-order valence-electron chi connectivity index (χ3n) is 4.16. The number of aromatic nitrogens is 2. The molecule has 0 saturated carbocycles. The van der Waals surface area contributed by atoms with E-state index in [-0.39, 0.29) is 11.3 Å². The van der Waals surface area contributed by atoms with Gasteiger partial charge in [0.15, 0.2) is 5.16 Å². The number of urea groups is 1. The monoisotopic (exact) mass is 410 g/mol. The number of hydrogen-bond donors (Lipinski definition) is 2. The summed E-state index contributed by atoms with van der Waals surface area (Å²) in [7, 11) is 0. The molecule has 2 aromatic heterocycles. The molecule has 2 rings (SSSR count). The van der Waals surface area contributed by atoms with E-state index in [1.54, 1.807) is 4.57 Å². The first-order valence-corrected chi connectivity index (χ1v) is 10.8. The minimum absolute atomic E-state index is 0.0128. The third-order valence-corrected chi connectivity index (χ3v) is 6.24. The van der Waals surface area contributed by atoms with Crippen LogP contribution in [0, 0.1) is 19.8 Å². The molecule has 0 aliphatic carbocycles. The summed E-state index contributed by atoms with van der Waals surface area (Å²) >= 11 is 2.64. The highest BCUT2D eigenvalue weighted by atomic mass is 32.2. The molecule has 7 nitrogen and oxygen atoms in total. The van der Waals surface area contributed by atoms with Crippen molar-refractivity contribution >= 4 is 45.3 Å². The molecule has 9 heteroatoms. The minimum atomic E-state index is -0.498. The van der Waals surface area contributed by atoms with Gasteiger partial charge in [0, 0.05) is 18.0 Å². The van der Waals surface area contributed by atoms with Crippen LogP contribution in [0.5, 0.6) is 0 Å². The summed E-state index contributed by atoms with van der Waals surface area (Å²) in [6.45, 7) is 10.9. The van der Waals surface area contributed by atoms with Crippen LogP contribution < -0.4 is 16.2 Å². The van der Waals surface area contributed by atoms with Crippen molar-refractivity contribution < 1.29 is 9.59 Å². The second-order valence-electron chi connectivity index (χ2n) is 6.68. The van der Waals surface area contributed by atoms with Crippen molar-refractivity contribution in [2.24, 2.45) is 5.92 Å². The number of nitrogens with one attached hydrogen (secondary N) is 2. The molecular formula is C18H26N4O3S2. The number of aryl methyl sites for hydroxylation is 2. The van der Waals surface area contributed by atoms with E-state index in [9.17, 15) is 14.4 Å². The summed E-state index contributed by atoms with van der Waals surface area (Å²) in [6, 6.07) is -0.498. The minimum Gasteiger partial charge on any atom is -0.338 e. The SMILES string of the molecule is CCn1c(SCC(=O)NC(=O)NCCC(C)C)nc2sc(C)c(C)c2c1=O. The number of rotatable bonds is 7. The fraction of sp³-hybridized carbons (Fsp3) is 0.556. The summed E-state index contributed by atoms with van der Waals surface area (Å²) in [5.74, 6) is 0.0734. The normalized spacial score (nSPS) is 11.2. The largest absolute Gasteiger partial charge is 0.338 e. The number of carbonyl (C=O) groups is 2. The lowest BCUT2D eigenvalue weighted by Gasteiger charge is -2.10. The lowest BCUT2D eigenvalue weighted by molar-refractivity contribution is -0.117. The molecule has 0 aliphatic heterocycles. The van der Waals surface area contributed by atoms with E-state index in [1.807, 2.05) is 20.8 Å². The van der Waals surface area contributed by atoms with Crippen LogP contribution in [0.3, 0.4) is 0 Å². The van der Waals surface area contributed by atoms with Gasteiger partial charge >= 0.3 is 6.03 Å². The zero-order chi connectivity index (χ0) is 20.1. The van der Waals surface area contributed by atoms with Gasteiger partial charge in [-0.05, 0) is 38.7 Å². The van der Waals surface area contributed by atoms with E-state index in [1.165, 1.54) is 11.3 Å². The maximum Gasteiger partial charge on any atom is 0.321 e. The van der Waals surface area contributed by atoms with Gasteiger partial charge in [0.1, 0.15) is 4.83 Å². The molecule has 2 N–H and O–H groups in total. The Kier molecular flexibility index (Phi) is 7.43. The molecule has 0 bridgehead atoms. The van der Waals surface area contributed by atoms with Crippen LogP contribution in [0.2, 0.25) is 0 Å². The first-order valence-electron chi connectivity index (χ1n) is 8.95. The molecule has 0 saturated heterocycles. The predicted octanol–water partition coefficient (Wildman–Crippen LogP) is 3.06. The van der Waals surface area contributed by atoms with Crippen LogP contribution in [-0.4, -0.2) is 33.8 Å². The van der Waals surface area contributed by atoms with E-state index in [0.717, 1.165) is 28.6 Å². The van der Waals surface area contributed by atoms with Crippen molar-refractivity contribution in [3.63, 3.8) is 0 Å². The van der Waals surface area contributed by atoms with Gasteiger partial charge in [-0.3, -0.25) is 19.5 Å². The Labute approximate surface area is 166 Å². The number of amides is 3. The van der Waals surface area contributed by atoms with E-state index in [0.29, 0.717) is 34.4 Å². The molecular weight excluding hydrogens is 384 g/mol. The fourth-order valence-electron chi connectivity index (χ4n) is 2.51. The molecule has 27 heavy (non-hydrogen) atoms. The van der Waals surface area contributed by atoms with Gasteiger partial charge in [0.05, 0.1) is 11.1 Å². The molecule has 0 aromatic carbocycles. The first-order chi connectivity index (χ1) is 12.7. The van der Waals surface area contributed by atoms with Crippen LogP contribution >= 0.6 is 23.1 Å². The lowest BCUT2D eigenvalue weighted by Crippen LogP contribution is -2.41. The Hall–Kier alpha value is -1.87. The first kappa shape index (κ1) is 21.4. The quantitative estimate of drug-likeness (QED) is 0.540. The van der Waals surface area contributed by atoms with Crippen LogP contribution in [0.1, 0.15) is 37.6 Å². The Morgan fingerprint density at radius 3 is 2.63 bits per heavy atom. The van der Waals surface area contributed by atoms with E-state index in [2.05, 4.69) is 29.5 Å². The van der Waals surface area contributed by atoms with Gasteiger partial charge in [-0.2, -0.15) is 0 Å². The number of nitrogens with zero attached hydrogens (tertiary/aromatic N) is 2. The van der Waals surface area contributed by atoms with Crippen LogP contribution in [0.15, 0.2) is 9.95 Å². The smallest absolute Gasteiger partial charge is 0.321 e. The van der Waals surface area contributed by atoms with Gasteiger partial charge in [0.2, 0.25) is 5.91 Å². The molecule has 0 radical (unpaired) electrons. The van der Waals surface area contributed by atoms with Crippen molar-refractivity contribution in [1.29, 1.82) is 0 Å². The zero-order valence-electron chi connectivity index (χ0n) is 16.3. The average molecular weight is 411 g/mol. The van der Waals surface area contributed by atoms with Crippen molar-refractivity contribution in [3.8, 4) is 0 Å². The summed E-state index contributed by atoms with van der Waals surface area (Å²) in [5.41, 5.74) is 0.876. The topological polar surface area (TPSA) is 93.1 Å². The van der Waals surface area contributed by atoms with E-state index in [4.69, 9.17) is 0 Å². The van der Waals surface area contributed by atoms with Crippen LogP contribution in [-0.2, 0) is 11.3 Å². The Morgan fingerprint density at radius 2 is 2.00 bits per heavy atom. The van der Waals surface area contributed by atoms with Crippen molar-refractivity contribution in [3.05, 3.63) is 20.8 Å². The van der Waals surface area contributed by atoms with Gasteiger partial charge in [-0.25, -0.2) is 9.78 Å². The molecule has 148 valence electrons. The molecule has 2 aromatic rings. The third kappa shape index (κ3) is 5.32. The number of hydrogen-bond acceptors (Lipinski definition) is 6. The number of thiophene rings is 1. The summed E-state index contributed by atoms with van der Waals surface area (Å²) in [6.07, 6.45) is 0.850. The maximum atomic E-state index is 12.8. The summed E-state index contributed by atoms with van der Waals surface area (Å²) in [4.78, 5) is 42.8. The van der Waals surface area contributed by atoms with Gasteiger partial charge in [0.25, 0.3) is 5.56 Å². The molecule has 0 atom stereocenters. The second-order valence-corrected chi connectivity index (χ2v) is 8.83. The molecule has 0 fully saturated rings. The van der Waals surface area contributed by atoms with Crippen molar-refractivity contribution in [1.82, 2.24) is 20.2 Å². The predicted molar refractivity (Wildman–Crippen MR) is 111 cm³/mol. The van der Waals surface area contributed by atoms with E-state index < -0.39 is 11.9 Å². The Bertz CT molecular complexity index is 902. The number of thioether (sulfide) groups is 1. The van der Waals surface area contributed by atoms with Gasteiger partial charge in [-0.1, -0.05) is 25.6 Å². The Balaban J connectivity index is 2.05. The molecule has 0 spiro atoms. The van der Waals surface area contributed by atoms with Crippen molar-refractivity contribution in [2.45, 2.75) is 52.7 Å². The number of imide groups is 1. The molecule has 0 unspecified atom stereocenters. The van der Waals surface area contributed by atoms with Gasteiger partial charge < -0.3 is 5.32 Å². The lowest BCUT2D eigenvalue weighted by atomic mass is 10.1. The number of fused-ring (bicyclic) bond motifs is 1. The maximum absolute atomic E-state index is 12.8. The molecule has 3 amide bonds. The van der Waals surface area contributed by atoms with Gasteiger partial charge in [-0.15, -0.1) is 11.3 Å². The Morgan fingerprint density at radius 1 is 1.30 bits per heavy atom. The van der Waals surface area contributed by atoms with Crippen LogP contribution in [0.25, 0.3) is 10.2 Å². The summed E-state index contributed by atoms with van der Waals surface area (Å²) in [5, 5.41) is 6.11. The fourth-order valence-corrected chi connectivity index (χ4v) is 4.44. The number of carbonyl (C=O) groups excluding carboxylic acids is 2. The standard InChI is InChI=1S/C18H26N4O3S2/c1-6-22-16(24)14-11(4)12(5)27-15(14)21-18(22)26-9-13(23)20-17(25)19-8-7-10(2)3/h10H,6-9H2,1-5H3,(H2,19,20,23,25).